The van der Waals surface area contributed by atoms with Crippen molar-refractivity contribution in [2.24, 2.45) is 0 Å². The molecule has 2 aliphatic rings. The zero-order chi connectivity index (χ0) is 16.8. The Hall–Kier alpha value is -2.08. The first-order valence-electron chi connectivity index (χ1n) is 8.75. The van der Waals surface area contributed by atoms with Gasteiger partial charge in [-0.15, -0.1) is 0 Å². The molecule has 0 aromatic heterocycles. The Balaban J connectivity index is 1.49. The fraction of sp³-hybridized carbons (Fsp3) is 0.556. The molecular weight excluding hydrogens is 306 g/mol. The zero-order valence-corrected chi connectivity index (χ0v) is 13.9. The third-order valence-corrected chi connectivity index (χ3v) is 4.51. The number of amides is 3. The highest BCUT2D eigenvalue weighted by atomic mass is 16.5. The standard InChI is InChI=1S/C18H25N3O3/c22-17-8-1-2-9-21(17)15-6-3-5-14(11-15)12-19-18(23)20-13-16-7-4-10-24-16/h3,5-6,11,16H,1-2,4,7-10,12-13H2,(H2,19,20,23)/t16-/m1/s1. The molecule has 2 saturated heterocycles. The summed E-state index contributed by atoms with van der Waals surface area (Å²) in [6.45, 7) is 2.55. The van der Waals surface area contributed by atoms with Crippen LogP contribution in [0.1, 0.15) is 37.7 Å². The van der Waals surface area contributed by atoms with E-state index in [1.54, 1.807) is 0 Å². The van der Waals surface area contributed by atoms with Gasteiger partial charge in [-0.3, -0.25) is 4.79 Å². The van der Waals surface area contributed by atoms with Gasteiger partial charge in [-0.25, -0.2) is 4.79 Å². The van der Waals surface area contributed by atoms with E-state index in [1.807, 2.05) is 29.2 Å². The molecule has 130 valence electrons. The normalized spacial score (nSPS) is 20.9. The predicted molar refractivity (Wildman–Crippen MR) is 91.9 cm³/mol. The smallest absolute Gasteiger partial charge is 0.315 e. The van der Waals surface area contributed by atoms with Crippen molar-refractivity contribution in [3.63, 3.8) is 0 Å². The van der Waals surface area contributed by atoms with Gasteiger partial charge in [0.25, 0.3) is 0 Å². The van der Waals surface area contributed by atoms with Crippen LogP contribution in [-0.2, 0) is 16.1 Å². The molecule has 0 radical (unpaired) electrons. The number of hydrogen-bond donors (Lipinski definition) is 2. The molecule has 6 nitrogen and oxygen atoms in total. The van der Waals surface area contributed by atoms with Crippen LogP contribution in [-0.4, -0.2) is 37.7 Å². The minimum Gasteiger partial charge on any atom is -0.376 e. The summed E-state index contributed by atoms with van der Waals surface area (Å²) in [4.78, 5) is 25.7. The highest BCUT2D eigenvalue weighted by molar-refractivity contribution is 5.94. The number of carbonyl (C=O) groups is 2. The molecule has 0 saturated carbocycles. The minimum absolute atomic E-state index is 0.143. The van der Waals surface area contributed by atoms with E-state index in [0.29, 0.717) is 19.5 Å². The summed E-state index contributed by atoms with van der Waals surface area (Å²) in [5, 5.41) is 5.70. The summed E-state index contributed by atoms with van der Waals surface area (Å²) in [5.41, 5.74) is 1.90. The van der Waals surface area contributed by atoms with Crippen molar-refractivity contribution in [2.75, 3.05) is 24.6 Å². The van der Waals surface area contributed by atoms with Gasteiger partial charge < -0.3 is 20.3 Å². The lowest BCUT2D eigenvalue weighted by molar-refractivity contribution is -0.119. The Bertz CT molecular complexity index is 585. The maximum Gasteiger partial charge on any atom is 0.315 e. The average molecular weight is 331 g/mol. The van der Waals surface area contributed by atoms with E-state index in [1.165, 1.54) is 0 Å². The summed E-state index contributed by atoms with van der Waals surface area (Å²) in [7, 11) is 0. The first-order valence-corrected chi connectivity index (χ1v) is 8.75. The minimum atomic E-state index is -0.190. The number of urea groups is 1. The molecule has 0 bridgehead atoms. The maximum absolute atomic E-state index is 12.0. The topological polar surface area (TPSA) is 70.7 Å². The van der Waals surface area contributed by atoms with Crippen molar-refractivity contribution in [1.29, 1.82) is 0 Å². The number of ether oxygens (including phenoxy) is 1. The Morgan fingerprint density at radius 3 is 2.96 bits per heavy atom. The molecule has 0 spiro atoms. The van der Waals surface area contributed by atoms with Crippen LogP contribution in [0, 0.1) is 0 Å². The fourth-order valence-electron chi connectivity index (χ4n) is 3.17. The zero-order valence-electron chi connectivity index (χ0n) is 13.9. The number of benzene rings is 1. The monoisotopic (exact) mass is 331 g/mol. The Labute approximate surface area is 142 Å². The van der Waals surface area contributed by atoms with Gasteiger partial charge in [-0.05, 0) is 43.4 Å². The van der Waals surface area contributed by atoms with Crippen molar-refractivity contribution in [3.05, 3.63) is 29.8 Å². The van der Waals surface area contributed by atoms with E-state index in [4.69, 9.17) is 4.74 Å². The summed E-state index contributed by atoms with van der Waals surface area (Å²) >= 11 is 0. The maximum atomic E-state index is 12.0. The van der Waals surface area contributed by atoms with E-state index < -0.39 is 0 Å². The molecule has 1 aromatic rings. The van der Waals surface area contributed by atoms with Crippen LogP contribution < -0.4 is 15.5 Å². The van der Waals surface area contributed by atoms with E-state index >= 15 is 0 Å². The number of carbonyl (C=O) groups excluding carboxylic acids is 2. The fourth-order valence-corrected chi connectivity index (χ4v) is 3.17. The third-order valence-electron chi connectivity index (χ3n) is 4.51. The number of rotatable bonds is 5. The quantitative estimate of drug-likeness (QED) is 0.869. The highest BCUT2D eigenvalue weighted by Gasteiger charge is 2.19. The molecule has 0 unspecified atom stereocenters. The van der Waals surface area contributed by atoms with Crippen molar-refractivity contribution in [2.45, 2.75) is 44.8 Å². The van der Waals surface area contributed by atoms with Crippen LogP contribution in [0.2, 0.25) is 0 Å². The van der Waals surface area contributed by atoms with Gasteiger partial charge in [-0.1, -0.05) is 12.1 Å². The van der Waals surface area contributed by atoms with E-state index in [2.05, 4.69) is 10.6 Å². The van der Waals surface area contributed by atoms with Crippen LogP contribution >= 0.6 is 0 Å². The second-order valence-electron chi connectivity index (χ2n) is 6.37. The molecule has 1 atom stereocenters. The van der Waals surface area contributed by atoms with Crippen molar-refractivity contribution < 1.29 is 14.3 Å². The van der Waals surface area contributed by atoms with Crippen LogP contribution in [0.25, 0.3) is 0 Å². The SMILES string of the molecule is O=C(NCc1cccc(N2CCCCC2=O)c1)NC[C@H]1CCCO1. The summed E-state index contributed by atoms with van der Waals surface area (Å²) in [6, 6.07) is 7.62. The number of hydrogen-bond acceptors (Lipinski definition) is 3. The van der Waals surface area contributed by atoms with Gasteiger partial charge >= 0.3 is 6.03 Å². The molecule has 0 aliphatic carbocycles. The molecular formula is C18H25N3O3. The van der Waals surface area contributed by atoms with Crippen LogP contribution in [0.15, 0.2) is 24.3 Å². The van der Waals surface area contributed by atoms with Gasteiger partial charge in [0.05, 0.1) is 6.10 Å². The lowest BCUT2D eigenvalue weighted by Crippen LogP contribution is -2.39. The first kappa shape index (κ1) is 16.8. The molecule has 1 aromatic carbocycles. The predicted octanol–water partition coefficient (Wildman–Crippen LogP) is 2.18. The molecule has 24 heavy (non-hydrogen) atoms. The van der Waals surface area contributed by atoms with Gasteiger partial charge in [0.15, 0.2) is 0 Å². The molecule has 6 heteroatoms. The lowest BCUT2D eigenvalue weighted by atomic mass is 10.1. The average Bonchev–Trinajstić information content (AvgIpc) is 3.12. The molecule has 2 N–H and O–H groups in total. The first-order chi connectivity index (χ1) is 11.7. The summed E-state index contributed by atoms with van der Waals surface area (Å²) < 4.78 is 5.48. The molecule has 2 aliphatic heterocycles. The number of nitrogens with one attached hydrogen (secondary N) is 2. The van der Waals surface area contributed by atoms with Gasteiger partial charge in [0, 0.05) is 38.3 Å². The Kier molecular flexibility index (Phi) is 5.69. The third kappa shape index (κ3) is 4.47. The molecule has 3 amide bonds. The van der Waals surface area contributed by atoms with Crippen LogP contribution in [0.5, 0.6) is 0 Å². The number of piperidine rings is 1. The van der Waals surface area contributed by atoms with Gasteiger partial charge in [-0.2, -0.15) is 0 Å². The van der Waals surface area contributed by atoms with Crippen molar-refractivity contribution in [3.8, 4) is 0 Å². The highest BCUT2D eigenvalue weighted by Crippen LogP contribution is 2.21. The largest absolute Gasteiger partial charge is 0.376 e. The molecule has 2 heterocycles. The summed E-state index contributed by atoms with van der Waals surface area (Å²) in [6.07, 6.45) is 4.85. The summed E-state index contributed by atoms with van der Waals surface area (Å²) in [5.74, 6) is 0.181. The number of anilines is 1. The van der Waals surface area contributed by atoms with Crippen molar-refractivity contribution >= 4 is 17.6 Å². The molecule has 2 fully saturated rings. The van der Waals surface area contributed by atoms with Crippen LogP contribution in [0.3, 0.4) is 0 Å². The van der Waals surface area contributed by atoms with Gasteiger partial charge in [0.2, 0.25) is 5.91 Å². The van der Waals surface area contributed by atoms with Crippen LogP contribution in [0.4, 0.5) is 10.5 Å². The lowest BCUT2D eigenvalue weighted by Gasteiger charge is -2.27. The van der Waals surface area contributed by atoms with E-state index in [9.17, 15) is 9.59 Å². The van der Waals surface area contributed by atoms with Gasteiger partial charge in [0.1, 0.15) is 0 Å². The second kappa shape index (κ2) is 8.15. The second-order valence-corrected chi connectivity index (χ2v) is 6.37. The van der Waals surface area contributed by atoms with E-state index in [-0.39, 0.29) is 18.0 Å². The Morgan fingerprint density at radius 1 is 1.25 bits per heavy atom. The molecule has 3 rings (SSSR count). The van der Waals surface area contributed by atoms with E-state index in [0.717, 1.165) is 50.1 Å². The number of nitrogens with zero attached hydrogens (tertiary/aromatic N) is 1. The Morgan fingerprint density at radius 2 is 2.17 bits per heavy atom. The van der Waals surface area contributed by atoms with Crippen molar-refractivity contribution in [1.82, 2.24) is 10.6 Å².